The number of hydrogen-bond acceptors (Lipinski definition) is 3. The Bertz CT molecular complexity index is 495. The zero-order valence-electron chi connectivity index (χ0n) is 14.5. The second kappa shape index (κ2) is 5.80. The number of Topliss-reactive ketones (excluding diaryl/α,β-unsaturated/α-hetero) is 1. The summed E-state index contributed by atoms with van der Waals surface area (Å²) >= 11 is 0. The summed E-state index contributed by atoms with van der Waals surface area (Å²) in [4.78, 5) is 11.8. The second-order valence-corrected chi connectivity index (χ2v) is 7.69. The molecule has 0 amide bonds. The van der Waals surface area contributed by atoms with Crippen molar-refractivity contribution in [2.75, 3.05) is 7.11 Å². The topological polar surface area (TPSA) is 46.5 Å². The molecule has 1 aromatic carbocycles. The highest BCUT2D eigenvalue weighted by Gasteiger charge is 2.29. The third-order valence-corrected chi connectivity index (χ3v) is 3.66. The largest absolute Gasteiger partial charge is 0.507 e. The van der Waals surface area contributed by atoms with Crippen molar-refractivity contribution in [3.63, 3.8) is 0 Å². The number of rotatable bonds is 3. The van der Waals surface area contributed by atoms with E-state index in [4.69, 9.17) is 4.74 Å². The van der Waals surface area contributed by atoms with Gasteiger partial charge in [0, 0.05) is 7.11 Å². The number of hydrogen-bond donors (Lipinski definition) is 1. The Labute approximate surface area is 128 Å². The monoisotopic (exact) mass is 292 g/mol. The Hall–Kier alpha value is -1.35. The molecule has 3 nitrogen and oxygen atoms in total. The summed E-state index contributed by atoms with van der Waals surface area (Å²) in [6, 6.07) is 3.78. The third-order valence-electron chi connectivity index (χ3n) is 3.66. The molecule has 0 aliphatic carbocycles. The lowest BCUT2D eigenvalue weighted by Crippen LogP contribution is -2.20. The van der Waals surface area contributed by atoms with Gasteiger partial charge in [-0.05, 0) is 46.6 Å². The number of carbonyl (C=O) groups excluding carboxylic acids is 1. The van der Waals surface area contributed by atoms with Crippen LogP contribution in [0.25, 0.3) is 0 Å². The van der Waals surface area contributed by atoms with Gasteiger partial charge in [0.25, 0.3) is 0 Å². The lowest BCUT2D eigenvalue weighted by atomic mass is 9.77. The van der Waals surface area contributed by atoms with Gasteiger partial charge in [0.1, 0.15) is 11.9 Å². The summed E-state index contributed by atoms with van der Waals surface area (Å²) in [7, 11) is 1.53. The van der Waals surface area contributed by atoms with Gasteiger partial charge < -0.3 is 9.84 Å². The predicted molar refractivity (Wildman–Crippen MR) is 85.9 cm³/mol. The molecule has 3 heteroatoms. The van der Waals surface area contributed by atoms with Gasteiger partial charge in [0.15, 0.2) is 5.78 Å². The first kappa shape index (κ1) is 17.7. The van der Waals surface area contributed by atoms with Crippen molar-refractivity contribution < 1.29 is 14.6 Å². The Morgan fingerprint density at radius 3 is 1.67 bits per heavy atom. The highest BCUT2D eigenvalue weighted by molar-refractivity contribution is 5.82. The van der Waals surface area contributed by atoms with Crippen LogP contribution >= 0.6 is 0 Å². The van der Waals surface area contributed by atoms with Gasteiger partial charge in [-0.3, -0.25) is 4.79 Å². The summed E-state index contributed by atoms with van der Waals surface area (Å²) in [5, 5.41) is 10.7. The Morgan fingerprint density at radius 2 is 1.43 bits per heavy atom. The lowest BCUT2D eigenvalue weighted by Gasteiger charge is -2.29. The molecular weight excluding hydrogens is 264 g/mol. The summed E-state index contributed by atoms with van der Waals surface area (Å²) in [5.74, 6) is 0.278. The van der Waals surface area contributed by atoms with Crippen molar-refractivity contribution in [3.05, 3.63) is 28.8 Å². The minimum Gasteiger partial charge on any atom is -0.507 e. The lowest BCUT2D eigenvalue weighted by molar-refractivity contribution is -0.126. The number of aromatic hydroxyl groups is 1. The van der Waals surface area contributed by atoms with E-state index >= 15 is 0 Å². The molecule has 0 heterocycles. The van der Waals surface area contributed by atoms with Crippen LogP contribution in [0.1, 0.15) is 71.3 Å². The smallest absolute Gasteiger partial charge is 0.163 e. The second-order valence-electron chi connectivity index (χ2n) is 7.69. The zero-order chi connectivity index (χ0) is 16.6. The third kappa shape index (κ3) is 3.85. The zero-order valence-corrected chi connectivity index (χ0v) is 14.5. The molecule has 1 unspecified atom stereocenters. The number of ether oxygens (including phenoxy) is 1. The predicted octanol–water partition coefficient (Wildman–Crippen LogP) is 4.26. The molecule has 0 saturated carbocycles. The Kier molecular flexibility index (Phi) is 4.89. The maximum Gasteiger partial charge on any atom is 0.163 e. The van der Waals surface area contributed by atoms with E-state index in [-0.39, 0.29) is 16.6 Å². The van der Waals surface area contributed by atoms with Crippen molar-refractivity contribution in [1.82, 2.24) is 0 Å². The van der Waals surface area contributed by atoms with Crippen molar-refractivity contribution in [3.8, 4) is 5.75 Å². The molecule has 0 aliphatic heterocycles. The standard InChI is InChI=1S/C18H28O3/c1-11(19)16(21-8)12-9-13(17(2,3)4)15(20)14(10-12)18(5,6)7/h9-10,16,20H,1-8H3. The molecule has 1 rings (SSSR count). The van der Waals surface area contributed by atoms with E-state index in [1.165, 1.54) is 14.0 Å². The van der Waals surface area contributed by atoms with E-state index in [0.29, 0.717) is 5.75 Å². The van der Waals surface area contributed by atoms with E-state index in [0.717, 1.165) is 16.7 Å². The molecule has 0 spiro atoms. The molecular formula is C18H28O3. The molecule has 1 N–H and O–H groups in total. The minimum atomic E-state index is -0.590. The first-order valence-corrected chi connectivity index (χ1v) is 7.30. The molecule has 1 aromatic rings. The number of phenols is 1. The fourth-order valence-corrected chi connectivity index (χ4v) is 2.49. The number of benzene rings is 1. The van der Waals surface area contributed by atoms with Gasteiger partial charge in [0.05, 0.1) is 0 Å². The quantitative estimate of drug-likeness (QED) is 0.905. The van der Waals surface area contributed by atoms with E-state index < -0.39 is 6.10 Å². The molecule has 21 heavy (non-hydrogen) atoms. The number of methoxy groups -OCH3 is 1. The molecule has 0 fully saturated rings. The molecule has 0 bridgehead atoms. The van der Waals surface area contributed by atoms with Gasteiger partial charge in [0.2, 0.25) is 0 Å². The molecule has 1 atom stereocenters. The fourth-order valence-electron chi connectivity index (χ4n) is 2.49. The molecule has 0 aliphatic rings. The normalized spacial score (nSPS) is 14.1. The first-order chi connectivity index (χ1) is 9.39. The van der Waals surface area contributed by atoms with Gasteiger partial charge in [-0.1, -0.05) is 41.5 Å². The highest BCUT2D eigenvalue weighted by Crippen LogP contribution is 2.41. The average Bonchev–Trinajstić information content (AvgIpc) is 2.28. The molecule has 0 radical (unpaired) electrons. The Morgan fingerprint density at radius 1 is 1.05 bits per heavy atom. The van der Waals surface area contributed by atoms with Crippen molar-refractivity contribution in [2.45, 2.75) is 65.4 Å². The maximum absolute atomic E-state index is 11.8. The van der Waals surface area contributed by atoms with Gasteiger partial charge in [-0.15, -0.1) is 0 Å². The number of phenolic OH excluding ortho intramolecular Hbond substituents is 1. The average molecular weight is 292 g/mol. The summed E-state index contributed by atoms with van der Waals surface area (Å²) in [6.45, 7) is 13.8. The summed E-state index contributed by atoms with van der Waals surface area (Å²) < 4.78 is 5.34. The van der Waals surface area contributed by atoms with Crippen LogP contribution < -0.4 is 0 Å². The number of carbonyl (C=O) groups is 1. The SMILES string of the molecule is COC(C(C)=O)c1cc(C(C)(C)C)c(O)c(C(C)(C)C)c1. The van der Waals surface area contributed by atoms with Crippen LogP contribution in [0.4, 0.5) is 0 Å². The van der Waals surface area contributed by atoms with E-state index in [2.05, 4.69) is 0 Å². The van der Waals surface area contributed by atoms with E-state index in [9.17, 15) is 9.90 Å². The van der Waals surface area contributed by atoms with Gasteiger partial charge in [-0.25, -0.2) is 0 Å². The molecule has 0 saturated heterocycles. The molecule has 0 aromatic heterocycles. The van der Waals surface area contributed by atoms with Crippen LogP contribution in [0, 0.1) is 0 Å². The van der Waals surface area contributed by atoms with Crippen LogP contribution in [0.2, 0.25) is 0 Å². The number of ketones is 1. The summed E-state index contributed by atoms with van der Waals surface area (Å²) in [5.41, 5.74) is 2.06. The summed E-state index contributed by atoms with van der Waals surface area (Å²) in [6.07, 6.45) is -0.590. The van der Waals surface area contributed by atoms with Crippen molar-refractivity contribution >= 4 is 5.78 Å². The van der Waals surface area contributed by atoms with Crippen LogP contribution in [-0.4, -0.2) is 18.0 Å². The van der Waals surface area contributed by atoms with Crippen LogP contribution in [-0.2, 0) is 20.4 Å². The highest BCUT2D eigenvalue weighted by atomic mass is 16.5. The fraction of sp³-hybridized carbons (Fsp3) is 0.611. The van der Waals surface area contributed by atoms with Crippen LogP contribution in [0.3, 0.4) is 0 Å². The van der Waals surface area contributed by atoms with Crippen molar-refractivity contribution in [1.29, 1.82) is 0 Å². The van der Waals surface area contributed by atoms with Crippen LogP contribution in [0.5, 0.6) is 5.75 Å². The molecule has 118 valence electrons. The Balaban J connectivity index is 3.66. The maximum atomic E-state index is 11.8. The van der Waals surface area contributed by atoms with E-state index in [1.807, 2.05) is 53.7 Å². The minimum absolute atomic E-state index is 0.0390. The van der Waals surface area contributed by atoms with Crippen molar-refractivity contribution in [2.24, 2.45) is 0 Å². The van der Waals surface area contributed by atoms with Gasteiger partial charge in [-0.2, -0.15) is 0 Å². The van der Waals surface area contributed by atoms with Gasteiger partial charge >= 0.3 is 0 Å². The van der Waals surface area contributed by atoms with E-state index in [1.54, 1.807) is 0 Å². The van der Waals surface area contributed by atoms with Crippen LogP contribution in [0.15, 0.2) is 12.1 Å². The first-order valence-electron chi connectivity index (χ1n) is 7.30.